The van der Waals surface area contributed by atoms with Crippen LogP contribution in [0.5, 0.6) is 0 Å². The van der Waals surface area contributed by atoms with Gasteiger partial charge in [0.15, 0.2) is 11.1 Å². The molecule has 2 aromatic carbocycles. The molecule has 1 unspecified atom stereocenters. The first kappa shape index (κ1) is 13.6. The van der Waals surface area contributed by atoms with E-state index < -0.39 is 11.1 Å². The maximum absolute atomic E-state index is 10.9. The van der Waals surface area contributed by atoms with Gasteiger partial charge in [0.05, 0.1) is 4.90 Å². The van der Waals surface area contributed by atoms with E-state index in [1.54, 1.807) is 12.1 Å². The van der Waals surface area contributed by atoms with Crippen molar-refractivity contribution in [2.24, 2.45) is 0 Å². The molecule has 2 aromatic rings. The molecule has 0 aromatic heterocycles. The van der Waals surface area contributed by atoms with E-state index in [0.717, 1.165) is 14.3 Å². The summed E-state index contributed by atoms with van der Waals surface area (Å²) in [4.78, 5) is 0.446. The van der Waals surface area contributed by atoms with Crippen molar-refractivity contribution in [3.63, 3.8) is 0 Å². The second-order valence-electron chi connectivity index (χ2n) is 2.87. The first-order valence-corrected chi connectivity index (χ1v) is 6.16. The molecule has 0 saturated heterocycles. The summed E-state index contributed by atoms with van der Waals surface area (Å²) in [5.74, 6) is 0. The molecule has 0 spiro atoms. The summed E-state index contributed by atoms with van der Waals surface area (Å²) < 4.78 is 20.9. The van der Waals surface area contributed by atoms with E-state index in [4.69, 9.17) is 4.55 Å². The van der Waals surface area contributed by atoms with Gasteiger partial charge >= 0.3 is 29.6 Å². The molecule has 0 saturated carbocycles. The fourth-order valence-corrected chi connectivity index (χ4v) is 2.40. The normalized spacial score (nSPS) is 12.1. The minimum atomic E-state index is -1.90. The first-order chi connectivity index (χ1) is 6.68. The van der Waals surface area contributed by atoms with Crippen LogP contribution in [0.2, 0.25) is 0 Å². The molecular weight excluding hydrogens is 334 g/mol. The third-order valence-electron chi connectivity index (χ3n) is 2.00. The van der Waals surface area contributed by atoms with Gasteiger partial charge < -0.3 is 4.55 Å². The van der Waals surface area contributed by atoms with Gasteiger partial charge in [-0.1, -0.05) is 18.2 Å². The molecule has 2 nitrogen and oxygen atoms in total. The zero-order valence-corrected chi connectivity index (χ0v) is 10.1. The average molecular weight is 342 g/mol. The minimum absolute atomic E-state index is 0. The molecule has 0 radical (unpaired) electrons. The van der Waals surface area contributed by atoms with Crippen molar-refractivity contribution >= 4 is 74.0 Å². The third kappa shape index (κ3) is 3.01. The SMILES string of the molecule is O=S(O)c1ccc2cccc(I)c2c1.[NaH]. The molecule has 5 heteroatoms. The molecule has 74 valence electrons. The summed E-state index contributed by atoms with van der Waals surface area (Å²) in [5.41, 5.74) is 0. The average Bonchev–Trinajstić information content (AvgIpc) is 2.18. The zero-order chi connectivity index (χ0) is 10.1. The number of rotatable bonds is 1. The molecule has 1 atom stereocenters. The van der Waals surface area contributed by atoms with E-state index in [1.165, 1.54) is 0 Å². The van der Waals surface area contributed by atoms with E-state index in [0.29, 0.717) is 4.90 Å². The van der Waals surface area contributed by atoms with Crippen LogP contribution in [0.3, 0.4) is 0 Å². The van der Waals surface area contributed by atoms with E-state index in [-0.39, 0.29) is 29.6 Å². The fraction of sp³-hybridized carbons (Fsp3) is 0. The number of benzene rings is 2. The molecule has 0 aliphatic heterocycles. The summed E-state index contributed by atoms with van der Waals surface area (Å²) in [6.07, 6.45) is 0. The summed E-state index contributed by atoms with van der Waals surface area (Å²) in [6, 6.07) is 11.2. The number of hydrogen-bond donors (Lipinski definition) is 1. The Kier molecular flexibility index (Phi) is 5.21. The van der Waals surface area contributed by atoms with Crippen molar-refractivity contribution in [3.8, 4) is 0 Å². The summed E-state index contributed by atoms with van der Waals surface area (Å²) >= 11 is 0.321. The van der Waals surface area contributed by atoms with Gasteiger partial charge in [-0.2, -0.15) is 0 Å². The molecule has 0 bridgehead atoms. The summed E-state index contributed by atoms with van der Waals surface area (Å²) in [7, 11) is 0. The van der Waals surface area contributed by atoms with Gasteiger partial charge in [0.1, 0.15) is 0 Å². The van der Waals surface area contributed by atoms with Crippen molar-refractivity contribution in [1.82, 2.24) is 0 Å². The molecule has 15 heavy (non-hydrogen) atoms. The Morgan fingerprint density at radius 3 is 2.60 bits per heavy atom. The van der Waals surface area contributed by atoms with Crippen LogP contribution >= 0.6 is 22.6 Å². The third-order valence-corrected chi connectivity index (χ3v) is 3.60. The Balaban J connectivity index is 0.00000112. The van der Waals surface area contributed by atoms with Crippen LogP contribution in [-0.2, 0) is 11.1 Å². The zero-order valence-electron chi connectivity index (χ0n) is 7.11. The van der Waals surface area contributed by atoms with Crippen molar-refractivity contribution in [2.75, 3.05) is 0 Å². The molecule has 0 fully saturated rings. The Morgan fingerprint density at radius 1 is 1.20 bits per heavy atom. The maximum atomic E-state index is 10.9. The van der Waals surface area contributed by atoms with Crippen LogP contribution in [0.25, 0.3) is 10.8 Å². The van der Waals surface area contributed by atoms with E-state index in [1.807, 2.05) is 24.3 Å². The second kappa shape index (κ2) is 5.75. The van der Waals surface area contributed by atoms with Crippen LogP contribution in [0, 0.1) is 3.57 Å². The predicted molar refractivity (Wildman–Crippen MR) is 72.9 cm³/mol. The van der Waals surface area contributed by atoms with Crippen molar-refractivity contribution < 1.29 is 8.76 Å². The number of halogens is 1. The molecule has 2 rings (SSSR count). The van der Waals surface area contributed by atoms with Crippen molar-refractivity contribution in [2.45, 2.75) is 4.90 Å². The van der Waals surface area contributed by atoms with Gasteiger partial charge in [-0.05, 0) is 51.6 Å². The van der Waals surface area contributed by atoms with Gasteiger partial charge in [-0.25, -0.2) is 4.21 Å². The molecule has 0 aliphatic rings. The van der Waals surface area contributed by atoms with Crippen molar-refractivity contribution in [1.29, 1.82) is 0 Å². The van der Waals surface area contributed by atoms with Crippen LogP contribution in [0.15, 0.2) is 41.3 Å². The quantitative estimate of drug-likeness (QED) is 0.491. The number of fused-ring (bicyclic) bond motifs is 1. The van der Waals surface area contributed by atoms with Crippen LogP contribution in [-0.4, -0.2) is 38.3 Å². The predicted octanol–water partition coefficient (Wildman–Crippen LogP) is 2.38. The first-order valence-electron chi connectivity index (χ1n) is 3.97. The summed E-state index contributed by atoms with van der Waals surface area (Å²) in [5, 5.41) is 2.11. The molecule has 1 N–H and O–H groups in total. The fourth-order valence-electron chi connectivity index (χ4n) is 1.32. The topological polar surface area (TPSA) is 37.3 Å². The second-order valence-corrected chi connectivity index (χ2v) is 5.00. The van der Waals surface area contributed by atoms with Crippen molar-refractivity contribution in [3.05, 3.63) is 40.0 Å². The van der Waals surface area contributed by atoms with Gasteiger partial charge in [0.2, 0.25) is 0 Å². The molecular formula is C10H8INaO2S. The Labute approximate surface area is 126 Å². The van der Waals surface area contributed by atoms with Gasteiger partial charge in [-0.3, -0.25) is 0 Å². The van der Waals surface area contributed by atoms with Crippen LogP contribution in [0.4, 0.5) is 0 Å². The molecule has 0 aliphatic carbocycles. The summed E-state index contributed by atoms with van der Waals surface area (Å²) in [6.45, 7) is 0. The van der Waals surface area contributed by atoms with Gasteiger partial charge in [0.25, 0.3) is 0 Å². The van der Waals surface area contributed by atoms with Crippen LogP contribution in [0.1, 0.15) is 0 Å². The van der Waals surface area contributed by atoms with Crippen LogP contribution < -0.4 is 0 Å². The number of hydrogen-bond acceptors (Lipinski definition) is 1. The Morgan fingerprint density at radius 2 is 1.93 bits per heavy atom. The van der Waals surface area contributed by atoms with Gasteiger partial charge in [-0.15, -0.1) is 0 Å². The van der Waals surface area contributed by atoms with Gasteiger partial charge in [0, 0.05) is 3.57 Å². The van der Waals surface area contributed by atoms with E-state index in [9.17, 15) is 4.21 Å². The standard InChI is InChI=1S/C10H7IO2S.Na.H/c11-10-3-1-2-7-4-5-8(14(12)13)6-9(7)10;;/h1-6H,(H,12,13);;. The Bertz CT molecular complexity index is 516. The van der Waals surface area contributed by atoms with E-state index in [2.05, 4.69) is 22.6 Å². The molecule has 0 amide bonds. The monoisotopic (exact) mass is 342 g/mol. The molecule has 0 heterocycles. The Hall–Kier alpha value is 0.540. The van der Waals surface area contributed by atoms with E-state index >= 15 is 0 Å².